The molecule has 2 unspecified atom stereocenters. The minimum absolute atomic E-state index is 0.160. The summed E-state index contributed by atoms with van der Waals surface area (Å²) in [6, 6.07) is 6.13. The Morgan fingerprint density at radius 2 is 1.82 bits per heavy atom. The first-order valence-corrected chi connectivity index (χ1v) is 10.2. The summed E-state index contributed by atoms with van der Waals surface area (Å²) in [5, 5.41) is 0. The number of piperidine rings is 1. The third kappa shape index (κ3) is 4.44. The Kier molecular flexibility index (Phi) is 6.50. The molecule has 156 valence electrons. The van der Waals surface area contributed by atoms with Gasteiger partial charge in [-0.2, -0.15) is 0 Å². The van der Waals surface area contributed by atoms with Crippen LogP contribution in [0.1, 0.15) is 45.2 Å². The molecule has 6 nitrogen and oxygen atoms in total. The highest BCUT2D eigenvalue weighted by Crippen LogP contribution is 2.44. The Morgan fingerprint density at radius 1 is 1.14 bits per heavy atom. The number of carbonyl (C=O) groups is 1. The SMILES string of the molecule is COc1ccc(C2CC(C)(C)CCN2C(C)C(=O)N2CCOCC2)cc1OC. The molecule has 2 saturated heterocycles. The van der Waals surface area contributed by atoms with E-state index in [4.69, 9.17) is 14.2 Å². The van der Waals surface area contributed by atoms with Gasteiger partial charge >= 0.3 is 0 Å². The summed E-state index contributed by atoms with van der Waals surface area (Å²) in [6.07, 6.45) is 2.08. The number of rotatable bonds is 5. The Morgan fingerprint density at radius 3 is 2.46 bits per heavy atom. The van der Waals surface area contributed by atoms with Gasteiger partial charge in [-0.3, -0.25) is 9.69 Å². The predicted octanol–water partition coefficient (Wildman–Crippen LogP) is 3.11. The van der Waals surface area contributed by atoms with Crippen molar-refractivity contribution >= 4 is 5.91 Å². The number of benzene rings is 1. The van der Waals surface area contributed by atoms with E-state index in [2.05, 4.69) is 30.9 Å². The molecule has 0 aromatic heterocycles. The van der Waals surface area contributed by atoms with E-state index in [1.807, 2.05) is 17.9 Å². The zero-order valence-electron chi connectivity index (χ0n) is 17.9. The number of likely N-dealkylation sites (tertiary alicyclic amines) is 1. The van der Waals surface area contributed by atoms with Gasteiger partial charge in [0.05, 0.1) is 33.5 Å². The van der Waals surface area contributed by atoms with Crippen LogP contribution in [0.3, 0.4) is 0 Å². The maximum absolute atomic E-state index is 13.1. The summed E-state index contributed by atoms with van der Waals surface area (Å²) in [6.45, 7) is 10.2. The zero-order chi connectivity index (χ0) is 20.3. The second-order valence-electron chi connectivity index (χ2n) is 8.60. The predicted molar refractivity (Wildman–Crippen MR) is 109 cm³/mol. The number of amides is 1. The molecule has 0 spiro atoms. The van der Waals surface area contributed by atoms with Crippen LogP contribution in [0.5, 0.6) is 11.5 Å². The molecule has 0 saturated carbocycles. The summed E-state index contributed by atoms with van der Waals surface area (Å²) >= 11 is 0. The van der Waals surface area contributed by atoms with Gasteiger partial charge in [0.25, 0.3) is 0 Å². The molecule has 2 atom stereocenters. The third-order valence-electron chi connectivity index (χ3n) is 6.16. The van der Waals surface area contributed by atoms with Crippen molar-refractivity contribution in [2.45, 2.75) is 45.7 Å². The van der Waals surface area contributed by atoms with Crippen LogP contribution in [0.15, 0.2) is 18.2 Å². The minimum Gasteiger partial charge on any atom is -0.493 e. The summed E-state index contributed by atoms with van der Waals surface area (Å²) < 4.78 is 16.3. The van der Waals surface area contributed by atoms with Crippen LogP contribution in [-0.2, 0) is 9.53 Å². The van der Waals surface area contributed by atoms with Gasteiger partial charge in [-0.1, -0.05) is 19.9 Å². The van der Waals surface area contributed by atoms with E-state index in [1.54, 1.807) is 14.2 Å². The van der Waals surface area contributed by atoms with Gasteiger partial charge in [-0.05, 0) is 42.9 Å². The van der Waals surface area contributed by atoms with E-state index in [9.17, 15) is 4.79 Å². The summed E-state index contributed by atoms with van der Waals surface area (Å²) in [7, 11) is 3.31. The molecule has 6 heteroatoms. The Labute approximate surface area is 168 Å². The van der Waals surface area contributed by atoms with Gasteiger partial charge in [0.15, 0.2) is 11.5 Å². The van der Waals surface area contributed by atoms with Crippen LogP contribution in [0.4, 0.5) is 0 Å². The van der Waals surface area contributed by atoms with Crippen LogP contribution in [0, 0.1) is 5.41 Å². The van der Waals surface area contributed by atoms with Crippen LogP contribution in [-0.4, -0.2) is 68.8 Å². The molecular formula is C22H34N2O4. The van der Waals surface area contributed by atoms with E-state index in [-0.39, 0.29) is 23.4 Å². The molecule has 0 N–H and O–H groups in total. The Bertz CT molecular complexity index is 685. The molecule has 1 amide bonds. The highest BCUT2D eigenvalue weighted by molar-refractivity contribution is 5.81. The van der Waals surface area contributed by atoms with E-state index in [1.165, 1.54) is 5.56 Å². The van der Waals surface area contributed by atoms with Gasteiger partial charge in [0.1, 0.15) is 0 Å². The molecule has 28 heavy (non-hydrogen) atoms. The molecule has 0 radical (unpaired) electrons. The minimum atomic E-state index is -0.160. The first-order valence-electron chi connectivity index (χ1n) is 10.2. The molecule has 2 fully saturated rings. The maximum Gasteiger partial charge on any atom is 0.239 e. The summed E-state index contributed by atoms with van der Waals surface area (Å²) in [4.78, 5) is 17.5. The average molecular weight is 391 g/mol. The molecule has 2 aliphatic rings. The fourth-order valence-corrected chi connectivity index (χ4v) is 4.35. The quantitative estimate of drug-likeness (QED) is 0.773. The lowest BCUT2D eigenvalue weighted by atomic mass is 9.76. The number of hydrogen-bond donors (Lipinski definition) is 0. The Hall–Kier alpha value is -1.79. The molecule has 0 bridgehead atoms. The van der Waals surface area contributed by atoms with Crippen molar-refractivity contribution in [3.05, 3.63) is 23.8 Å². The number of methoxy groups -OCH3 is 2. The monoisotopic (exact) mass is 390 g/mol. The summed E-state index contributed by atoms with van der Waals surface area (Å²) in [5.41, 5.74) is 1.41. The fraction of sp³-hybridized carbons (Fsp3) is 0.682. The van der Waals surface area contributed by atoms with Crippen molar-refractivity contribution in [1.29, 1.82) is 0 Å². The lowest BCUT2D eigenvalue weighted by Crippen LogP contribution is -2.53. The lowest BCUT2D eigenvalue weighted by Gasteiger charge is -2.47. The van der Waals surface area contributed by atoms with Crippen LogP contribution in [0.25, 0.3) is 0 Å². The fourth-order valence-electron chi connectivity index (χ4n) is 4.35. The van der Waals surface area contributed by atoms with Crippen molar-refractivity contribution in [2.75, 3.05) is 47.1 Å². The van der Waals surface area contributed by atoms with Gasteiger partial charge in [-0.25, -0.2) is 0 Å². The molecule has 2 aliphatic heterocycles. The second kappa shape index (κ2) is 8.70. The van der Waals surface area contributed by atoms with Gasteiger partial charge in [0.2, 0.25) is 5.91 Å². The highest BCUT2D eigenvalue weighted by Gasteiger charge is 2.39. The van der Waals surface area contributed by atoms with Gasteiger partial charge < -0.3 is 19.1 Å². The zero-order valence-corrected chi connectivity index (χ0v) is 17.9. The number of hydrogen-bond acceptors (Lipinski definition) is 5. The lowest BCUT2D eigenvalue weighted by molar-refractivity contribution is -0.143. The van der Waals surface area contributed by atoms with Crippen molar-refractivity contribution in [2.24, 2.45) is 5.41 Å². The molecular weight excluding hydrogens is 356 g/mol. The van der Waals surface area contributed by atoms with E-state index >= 15 is 0 Å². The second-order valence-corrected chi connectivity index (χ2v) is 8.60. The van der Waals surface area contributed by atoms with Crippen LogP contribution >= 0.6 is 0 Å². The first kappa shape index (κ1) is 20.9. The number of nitrogens with zero attached hydrogens (tertiary/aromatic N) is 2. The van der Waals surface area contributed by atoms with Crippen LogP contribution in [0.2, 0.25) is 0 Å². The van der Waals surface area contributed by atoms with Crippen molar-refractivity contribution in [3.8, 4) is 11.5 Å². The molecule has 1 aromatic carbocycles. The van der Waals surface area contributed by atoms with Crippen molar-refractivity contribution in [3.63, 3.8) is 0 Å². The smallest absolute Gasteiger partial charge is 0.239 e. The van der Waals surface area contributed by atoms with Crippen molar-refractivity contribution in [1.82, 2.24) is 9.80 Å². The van der Waals surface area contributed by atoms with E-state index < -0.39 is 0 Å². The van der Waals surface area contributed by atoms with E-state index in [0.717, 1.165) is 30.9 Å². The molecule has 0 aliphatic carbocycles. The van der Waals surface area contributed by atoms with Crippen LogP contribution < -0.4 is 9.47 Å². The molecule has 2 heterocycles. The van der Waals surface area contributed by atoms with Gasteiger partial charge in [0, 0.05) is 25.7 Å². The molecule has 1 aromatic rings. The molecule has 3 rings (SSSR count). The first-order chi connectivity index (χ1) is 13.4. The summed E-state index contributed by atoms with van der Waals surface area (Å²) in [5.74, 6) is 1.66. The third-order valence-corrected chi connectivity index (χ3v) is 6.16. The number of morpholine rings is 1. The normalized spacial score (nSPS) is 23.9. The number of ether oxygens (including phenoxy) is 3. The average Bonchev–Trinajstić information content (AvgIpc) is 2.72. The van der Waals surface area contributed by atoms with Crippen molar-refractivity contribution < 1.29 is 19.0 Å². The Balaban J connectivity index is 1.87. The highest BCUT2D eigenvalue weighted by atomic mass is 16.5. The maximum atomic E-state index is 13.1. The van der Waals surface area contributed by atoms with E-state index in [0.29, 0.717) is 26.3 Å². The topological polar surface area (TPSA) is 51.2 Å². The van der Waals surface area contributed by atoms with Gasteiger partial charge in [-0.15, -0.1) is 0 Å². The number of carbonyl (C=O) groups excluding carboxylic acids is 1. The largest absolute Gasteiger partial charge is 0.493 e. The standard InChI is InChI=1S/C22H34N2O4/c1-16(21(25)23-10-12-28-13-11-23)24-9-8-22(2,3)15-18(24)17-6-7-19(26-4)20(14-17)27-5/h6-7,14,16,18H,8-13,15H2,1-5H3.